The molecule has 112 valence electrons. The highest BCUT2D eigenvalue weighted by Crippen LogP contribution is 2.61. The van der Waals surface area contributed by atoms with E-state index in [1.807, 2.05) is 0 Å². The molecule has 3 atom stereocenters. The lowest BCUT2D eigenvalue weighted by molar-refractivity contribution is -0.0730. The van der Waals surface area contributed by atoms with Gasteiger partial charge in [-0.05, 0) is 40.0 Å². The molecule has 0 radical (unpaired) electrons. The SMILES string of the molecule is CC12CCC3C(C1)c1c(cc(O)c(C=O)c1OC3(C)C)O2. The van der Waals surface area contributed by atoms with E-state index in [9.17, 15) is 9.90 Å². The van der Waals surface area contributed by atoms with Crippen LogP contribution in [0.25, 0.3) is 0 Å². The van der Waals surface area contributed by atoms with Crippen LogP contribution in [0.2, 0.25) is 0 Å². The van der Waals surface area contributed by atoms with Gasteiger partial charge in [-0.2, -0.15) is 0 Å². The van der Waals surface area contributed by atoms with Gasteiger partial charge in [-0.15, -0.1) is 0 Å². The molecule has 1 aromatic rings. The number of benzene rings is 1. The number of hydrogen-bond donors (Lipinski definition) is 1. The van der Waals surface area contributed by atoms with Gasteiger partial charge < -0.3 is 14.6 Å². The third kappa shape index (κ3) is 1.59. The van der Waals surface area contributed by atoms with Crippen LogP contribution in [0.1, 0.15) is 61.9 Å². The van der Waals surface area contributed by atoms with Crippen LogP contribution in [0.15, 0.2) is 6.07 Å². The summed E-state index contributed by atoms with van der Waals surface area (Å²) in [5.74, 6) is 1.91. The van der Waals surface area contributed by atoms with Crippen molar-refractivity contribution < 1.29 is 19.4 Å². The summed E-state index contributed by atoms with van der Waals surface area (Å²) in [7, 11) is 0. The van der Waals surface area contributed by atoms with E-state index in [-0.39, 0.29) is 22.5 Å². The van der Waals surface area contributed by atoms with Crippen LogP contribution in [0.5, 0.6) is 17.2 Å². The first-order valence-electron chi connectivity index (χ1n) is 7.58. The number of hydrogen-bond acceptors (Lipinski definition) is 4. The van der Waals surface area contributed by atoms with Crippen LogP contribution >= 0.6 is 0 Å². The summed E-state index contributed by atoms with van der Waals surface area (Å²) in [4.78, 5) is 11.4. The van der Waals surface area contributed by atoms with Gasteiger partial charge in [0.15, 0.2) is 6.29 Å². The molecule has 3 aliphatic rings. The summed E-state index contributed by atoms with van der Waals surface area (Å²) < 4.78 is 12.3. The van der Waals surface area contributed by atoms with Crippen molar-refractivity contribution >= 4 is 6.29 Å². The average molecular weight is 288 g/mol. The van der Waals surface area contributed by atoms with Gasteiger partial charge in [0.2, 0.25) is 0 Å². The Kier molecular flexibility index (Phi) is 2.31. The monoisotopic (exact) mass is 288 g/mol. The van der Waals surface area contributed by atoms with Crippen molar-refractivity contribution in [2.45, 2.75) is 57.2 Å². The average Bonchev–Trinajstić information content (AvgIpc) is 2.36. The molecule has 0 amide bonds. The Balaban J connectivity index is 2.02. The molecule has 21 heavy (non-hydrogen) atoms. The predicted octanol–water partition coefficient (Wildman–Crippen LogP) is 3.41. The van der Waals surface area contributed by atoms with Gasteiger partial charge in [-0.3, -0.25) is 4.79 Å². The number of ether oxygens (including phenoxy) is 2. The Bertz CT molecular complexity index is 649. The summed E-state index contributed by atoms with van der Waals surface area (Å²) >= 11 is 0. The highest BCUT2D eigenvalue weighted by molar-refractivity contribution is 5.86. The van der Waals surface area contributed by atoms with Crippen molar-refractivity contribution in [2.24, 2.45) is 5.92 Å². The van der Waals surface area contributed by atoms with Gasteiger partial charge in [-0.1, -0.05) is 0 Å². The summed E-state index contributed by atoms with van der Waals surface area (Å²) in [5.41, 5.74) is 0.724. The minimum absolute atomic E-state index is 0.0587. The molecule has 3 unspecified atom stereocenters. The molecule has 2 heterocycles. The number of phenolic OH excluding ortho intramolecular Hbond substituents is 1. The molecule has 1 fully saturated rings. The lowest BCUT2D eigenvalue weighted by Gasteiger charge is -2.55. The Morgan fingerprint density at radius 3 is 2.81 bits per heavy atom. The van der Waals surface area contributed by atoms with Crippen molar-refractivity contribution in [3.05, 3.63) is 17.2 Å². The van der Waals surface area contributed by atoms with E-state index in [0.29, 0.717) is 29.6 Å². The fraction of sp³-hybridized carbons (Fsp3) is 0.588. The Labute approximate surface area is 124 Å². The second kappa shape index (κ2) is 3.73. The second-order valence-electron chi connectivity index (χ2n) is 7.38. The molecule has 1 N–H and O–H groups in total. The zero-order valence-corrected chi connectivity index (χ0v) is 12.6. The Morgan fingerprint density at radius 2 is 2.10 bits per heavy atom. The summed E-state index contributed by atoms with van der Waals surface area (Å²) in [6.45, 7) is 6.30. The zero-order valence-electron chi connectivity index (χ0n) is 12.6. The maximum absolute atomic E-state index is 11.4. The van der Waals surface area contributed by atoms with Crippen molar-refractivity contribution in [1.29, 1.82) is 0 Å². The summed E-state index contributed by atoms with van der Waals surface area (Å²) in [6, 6.07) is 1.58. The van der Waals surface area contributed by atoms with E-state index in [1.165, 1.54) is 0 Å². The van der Waals surface area contributed by atoms with E-state index >= 15 is 0 Å². The Morgan fingerprint density at radius 1 is 1.33 bits per heavy atom. The van der Waals surface area contributed by atoms with E-state index in [1.54, 1.807) is 6.07 Å². The minimum atomic E-state index is -0.334. The molecule has 0 spiro atoms. The maximum atomic E-state index is 11.4. The van der Waals surface area contributed by atoms with Crippen molar-refractivity contribution in [1.82, 2.24) is 0 Å². The molecule has 0 aromatic heterocycles. The van der Waals surface area contributed by atoms with E-state index in [0.717, 1.165) is 24.8 Å². The first-order valence-corrected chi connectivity index (χ1v) is 7.58. The molecule has 1 aliphatic carbocycles. The first-order chi connectivity index (χ1) is 9.85. The number of carbonyl (C=O) groups is 1. The smallest absolute Gasteiger partial charge is 0.157 e. The van der Waals surface area contributed by atoms with Crippen LogP contribution in [0, 0.1) is 5.92 Å². The number of fused-ring (bicyclic) bond motifs is 1. The number of carbonyl (C=O) groups excluding carboxylic acids is 1. The fourth-order valence-corrected chi connectivity index (χ4v) is 4.52. The minimum Gasteiger partial charge on any atom is -0.507 e. The number of aldehydes is 1. The maximum Gasteiger partial charge on any atom is 0.157 e. The quantitative estimate of drug-likeness (QED) is 0.805. The lowest BCUT2D eigenvalue weighted by atomic mass is 9.61. The molecule has 1 saturated carbocycles. The lowest BCUT2D eigenvalue weighted by Crippen LogP contribution is -2.53. The van der Waals surface area contributed by atoms with Crippen molar-refractivity contribution in [2.75, 3.05) is 0 Å². The largest absolute Gasteiger partial charge is 0.507 e. The third-order valence-electron chi connectivity index (χ3n) is 5.52. The zero-order chi connectivity index (χ0) is 15.0. The third-order valence-corrected chi connectivity index (χ3v) is 5.52. The predicted molar refractivity (Wildman–Crippen MR) is 77.3 cm³/mol. The number of aromatic hydroxyl groups is 1. The van der Waals surface area contributed by atoms with Crippen LogP contribution in [-0.4, -0.2) is 22.6 Å². The van der Waals surface area contributed by atoms with Crippen LogP contribution in [0.3, 0.4) is 0 Å². The van der Waals surface area contributed by atoms with Gasteiger partial charge in [0.1, 0.15) is 28.5 Å². The molecule has 0 saturated heterocycles. The van der Waals surface area contributed by atoms with Gasteiger partial charge in [0.25, 0.3) is 0 Å². The Hall–Kier alpha value is -1.71. The van der Waals surface area contributed by atoms with E-state index in [4.69, 9.17) is 9.47 Å². The van der Waals surface area contributed by atoms with Gasteiger partial charge >= 0.3 is 0 Å². The van der Waals surface area contributed by atoms with Crippen LogP contribution < -0.4 is 9.47 Å². The molecular formula is C17H20O4. The first kappa shape index (κ1) is 13.0. The number of phenols is 1. The number of rotatable bonds is 1. The van der Waals surface area contributed by atoms with Crippen LogP contribution in [0.4, 0.5) is 0 Å². The molecule has 4 nitrogen and oxygen atoms in total. The van der Waals surface area contributed by atoms with Crippen molar-refractivity contribution in [3.63, 3.8) is 0 Å². The molecular weight excluding hydrogens is 268 g/mol. The van der Waals surface area contributed by atoms with E-state index < -0.39 is 0 Å². The summed E-state index contributed by atoms with van der Waals surface area (Å²) in [6.07, 6.45) is 3.68. The normalized spacial score (nSPS) is 34.6. The second-order valence-corrected chi connectivity index (χ2v) is 7.38. The van der Waals surface area contributed by atoms with E-state index in [2.05, 4.69) is 20.8 Å². The molecule has 2 aliphatic heterocycles. The molecule has 4 rings (SSSR count). The molecule has 2 bridgehead atoms. The van der Waals surface area contributed by atoms with Gasteiger partial charge in [-0.25, -0.2) is 0 Å². The van der Waals surface area contributed by atoms with Crippen molar-refractivity contribution in [3.8, 4) is 17.2 Å². The highest BCUT2D eigenvalue weighted by Gasteiger charge is 2.54. The standard InChI is InChI=1S/C17H20O4/c1-16(2)11-4-5-17(3)7-9(11)14-13(20-17)6-12(19)10(8-18)15(14)21-16/h6,8-9,11,19H,4-5,7H2,1-3H3. The van der Waals surface area contributed by atoms with Crippen LogP contribution in [-0.2, 0) is 0 Å². The van der Waals surface area contributed by atoms with Gasteiger partial charge in [0, 0.05) is 23.5 Å². The topological polar surface area (TPSA) is 55.8 Å². The van der Waals surface area contributed by atoms with Gasteiger partial charge in [0.05, 0.1) is 5.56 Å². The molecule has 1 aromatic carbocycles. The summed E-state index contributed by atoms with van der Waals surface area (Å²) in [5, 5.41) is 10.1. The molecule has 4 heteroatoms. The fourth-order valence-electron chi connectivity index (χ4n) is 4.52. The highest BCUT2D eigenvalue weighted by atomic mass is 16.5.